The standard InChI is InChI=1S/C17H26N2O.ClH/c1-3-17(4-2)11-12-19(13-17)16(20)10-9-14-7-5-6-8-15(14)18;/h5-8H,3-4,9-13,18H2,1-2H3;1H. The van der Waals surface area contributed by atoms with Crippen molar-refractivity contribution in [2.45, 2.75) is 46.0 Å². The Morgan fingerprint density at radius 1 is 1.29 bits per heavy atom. The van der Waals surface area contributed by atoms with Crippen LogP contribution in [0.15, 0.2) is 24.3 Å². The van der Waals surface area contributed by atoms with Crippen LogP contribution in [-0.2, 0) is 11.2 Å². The lowest BCUT2D eigenvalue weighted by atomic mass is 9.82. The maximum atomic E-state index is 12.3. The van der Waals surface area contributed by atoms with E-state index in [1.165, 1.54) is 12.8 Å². The molecule has 0 saturated carbocycles. The first-order valence-corrected chi connectivity index (χ1v) is 7.71. The van der Waals surface area contributed by atoms with Gasteiger partial charge in [-0.25, -0.2) is 0 Å². The van der Waals surface area contributed by atoms with E-state index in [9.17, 15) is 4.79 Å². The highest BCUT2D eigenvalue weighted by Gasteiger charge is 2.36. The fourth-order valence-corrected chi connectivity index (χ4v) is 3.14. The van der Waals surface area contributed by atoms with Gasteiger partial charge >= 0.3 is 0 Å². The number of hydrogen-bond acceptors (Lipinski definition) is 2. The second kappa shape index (κ2) is 7.69. The van der Waals surface area contributed by atoms with E-state index in [1.54, 1.807) is 0 Å². The largest absolute Gasteiger partial charge is 0.399 e. The molecule has 0 aromatic heterocycles. The van der Waals surface area contributed by atoms with Crippen LogP contribution >= 0.6 is 12.4 Å². The van der Waals surface area contributed by atoms with Crippen molar-refractivity contribution < 1.29 is 4.79 Å². The molecule has 1 aliphatic rings. The highest BCUT2D eigenvalue weighted by atomic mass is 35.5. The number of rotatable bonds is 5. The van der Waals surface area contributed by atoms with Crippen LogP contribution < -0.4 is 5.73 Å². The molecule has 0 bridgehead atoms. The van der Waals surface area contributed by atoms with Crippen LogP contribution in [0.25, 0.3) is 0 Å². The number of halogens is 1. The van der Waals surface area contributed by atoms with Crippen molar-refractivity contribution in [2.75, 3.05) is 18.8 Å². The first kappa shape index (κ1) is 17.8. The van der Waals surface area contributed by atoms with E-state index >= 15 is 0 Å². The van der Waals surface area contributed by atoms with Crippen LogP contribution in [-0.4, -0.2) is 23.9 Å². The fourth-order valence-electron chi connectivity index (χ4n) is 3.14. The van der Waals surface area contributed by atoms with Crippen molar-refractivity contribution >= 4 is 24.0 Å². The highest BCUT2D eigenvalue weighted by Crippen LogP contribution is 2.37. The summed E-state index contributed by atoms with van der Waals surface area (Å²) in [6.45, 7) is 6.33. The summed E-state index contributed by atoms with van der Waals surface area (Å²) in [4.78, 5) is 14.4. The maximum Gasteiger partial charge on any atom is 0.222 e. The number of anilines is 1. The zero-order valence-electron chi connectivity index (χ0n) is 13.1. The van der Waals surface area contributed by atoms with Gasteiger partial charge < -0.3 is 10.6 Å². The Labute approximate surface area is 134 Å². The van der Waals surface area contributed by atoms with Crippen LogP contribution in [0.4, 0.5) is 5.69 Å². The molecule has 3 nitrogen and oxygen atoms in total. The molecular formula is C17H27ClN2O. The molecule has 4 heteroatoms. The van der Waals surface area contributed by atoms with Crippen LogP contribution in [0, 0.1) is 5.41 Å². The summed E-state index contributed by atoms with van der Waals surface area (Å²) in [7, 11) is 0. The molecule has 1 fully saturated rings. The second-order valence-electron chi connectivity index (χ2n) is 5.97. The quantitative estimate of drug-likeness (QED) is 0.844. The third-order valence-corrected chi connectivity index (χ3v) is 4.95. The molecule has 2 N–H and O–H groups in total. The van der Waals surface area contributed by atoms with Crippen molar-refractivity contribution in [1.29, 1.82) is 0 Å². The Hall–Kier alpha value is -1.22. The third kappa shape index (κ3) is 4.13. The van der Waals surface area contributed by atoms with E-state index in [1.807, 2.05) is 29.2 Å². The summed E-state index contributed by atoms with van der Waals surface area (Å²) in [5.41, 5.74) is 8.15. The third-order valence-electron chi connectivity index (χ3n) is 4.95. The summed E-state index contributed by atoms with van der Waals surface area (Å²) in [5.74, 6) is 0.275. The minimum absolute atomic E-state index is 0. The minimum atomic E-state index is 0. The van der Waals surface area contributed by atoms with Crippen molar-refractivity contribution in [1.82, 2.24) is 4.90 Å². The summed E-state index contributed by atoms with van der Waals surface area (Å²) >= 11 is 0. The Morgan fingerprint density at radius 3 is 2.52 bits per heavy atom. The average Bonchev–Trinajstić information content (AvgIpc) is 2.91. The normalized spacial score (nSPS) is 16.6. The van der Waals surface area contributed by atoms with Crippen molar-refractivity contribution in [2.24, 2.45) is 5.41 Å². The average molecular weight is 311 g/mol. The van der Waals surface area contributed by atoms with Crippen molar-refractivity contribution in [3.8, 4) is 0 Å². The molecule has 118 valence electrons. The molecule has 21 heavy (non-hydrogen) atoms. The lowest BCUT2D eigenvalue weighted by Crippen LogP contribution is -2.31. The molecule has 0 aliphatic carbocycles. The van der Waals surface area contributed by atoms with E-state index in [2.05, 4.69) is 13.8 Å². The summed E-state index contributed by atoms with van der Waals surface area (Å²) in [6, 6.07) is 7.81. The first-order chi connectivity index (χ1) is 9.60. The SMILES string of the molecule is CCC1(CC)CCN(C(=O)CCc2ccccc2N)C1.Cl. The Balaban J connectivity index is 0.00000220. The van der Waals surface area contributed by atoms with Gasteiger partial charge in [-0.2, -0.15) is 0 Å². The topological polar surface area (TPSA) is 46.3 Å². The molecule has 0 unspecified atom stereocenters. The number of likely N-dealkylation sites (tertiary alicyclic amines) is 1. The number of amides is 1. The fraction of sp³-hybridized carbons (Fsp3) is 0.588. The number of carbonyl (C=O) groups is 1. The molecule has 2 rings (SSSR count). The lowest BCUT2D eigenvalue weighted by molar-refractivity contribution is -0.130. The monoisotopic (exact) mass is 310 g/mol. The minimum Gasteiger partial charge on any atom is -0.399 e. The molecule has 1 aliphatic heterocycles. The van der Waals surface area contributed by atoms with Gasteiger partial charge in [-0.3, -0.25) is 4.79 Å². The molecule has 1 saturated heterocycles. The number of hydrogen-bond donors (Lipinski definition) is 1. The Kier molecular flexibility index (Phi) is 6.53. The van der Waals surface area contributed by atoms with Crippen LogP contribution in [0.2, 0.25) is 0 Å². The number of aryl methyl sites for hydroxylation is 1. The van der Waals surface area contributed by atoms with E-state index in [0.29, 0.717) is 11.8 Å². The molecule has 1 heterocycles. The predicted molar refractivity (Wildman–Crippen MR) is 90.6 cm³/mol. The molecule has 1 aromatic rings. The van der Waals surface area contributed by atoms with E-state index in [0.717, 1.165) is 37.2 Å². The maximum absolute atomic E-state index is 12.3. The van der Waals surface area contributed by atoms with E-state index in [-0.39, 0.29) is 18.3 Å². The van der Waals surface area contributed by atoms with Gasteiger partial charge in [-0.05, 0) is 42.7 Å². The lowest BCUT2D eigenvalue weighted by Gasteiger charge is -2.26. The predicted octanol–water partition coefficient (Wildman–Crippen LogP) is 3.66. The number of benzene rings is 1. The van der Waals surface area contributed by atoms with Crippen molar-refractivity contribution in [3.05, 3.63) is 29.8 Å². The molecule has 0 radical (unpaired) electrons. The molecule has 0 spiro atoms. The van der Waals surface area contributed by atoms with Gasteiger partial charge in [0.05, 0.1) is 0 Å². The van der Waals surface area contributed by atoms with Crippen LogP contribution in [0.3, 0.4) is 0 Å². The Morgan fingerprint density at radius 2 is 1.95 bits per heavy atom. The number of para-hydroxylation sites is 1. The number of nitrogen functional groups attached to an aromatic ring is 1. The summed E-state index contributed by atoms with van der Waals surface area (Å²) in [6.07, 6.45) is 4.79. The molecule has 1 amide bonds. The smallest absolute Gasteiger partial charge is 0.222 e. The Bertz CT molecular complexity index is 472. The van der Waals surface area contributed by atoms with Gasteiger partial charge in [-0.15, -0.1) is 12.4 Å². The molecule has 0 atom stereocenters. The number of nitrogens with two attached hydrogens (primary N) is 1. The van der Waals surface area contributed by atoms with E-state index < -0.39 is 0 Å². The zero-order chi connectivity index (χ0) is 14.6. The van der Waals surface area contributed by atoms with Crippen LogP contribution in [0.1, 0.15) is 45.1 Å². The summed E-state index contributed by atoms with van der Waals surface area (Å²) in [5, 5.41) is 0. The second-order valence-corrected chi connectivity index (χ2v) is 5.97. The number of nitrogens with zero attached hydrogens (tertiary/aromatic N) is 1. The molecule has 1 aromatic carbocycles. The highest BCUT2D eigenvalue weighted by molar-refractivity contribution is 5.85. The summed E-state index contributed by atoms with van der Waals surface area (Å²) < 4.78 is 0. The van der Waals surface area contributed by atoms with Gasteiger partial charge in [0, 0.05) is 25.2 Å². The molecular weight excluding hydrogens is 284 g/mol. The van der Waals surface area contributed by atoms with Gasteiger partial charge in [0.15, 0.2) is 0 Å². The zero-order valence-corrected chi connectivity index (χ0v) is 13.9. The first-order valence-electron chi connectivity index (χ1n) is 7.71. The van der Waals surface area contributed by atoms with Gasteiger partial charge in [0.1, 0.15) is 0 Å². The van der Waals surface area contributed by atoms with E-state index in [4.69, 9.17) is 5.73 Å². The van der Waals surface area contributed by atoms with Gasteiger partial charge in [-0.1, -0.05) is 32.0 Å². The van der Waals surface area contributed by atoms with Gasteiger partial charge in [0.2, 0.25) is 5.91 Å². The van der Waals surface area contributed by atoms with Gasteiger partial charge in [0.25, 0.3) is 0 Å². The van der Waals surface area contributed by atoms with Crippen molar-refractivity contribution in [3.63, 3.8) is 0 Å². The van der Waals surface area contributed by atoms with Crippen LogP contribution in [0.5, 0.6) is 0 Å². The number of carbonyl (C=O) groups excluding carboxylic acids is 1.